The van der Waals surface area contributed by atoms with Gasteiger partial charge in [-0.3, -0.25) is 0 Å². The first-order valence-electron chi connectivity index (χ1n) is 10.7. The lowest BCUT2D eigenvalue weighted by Crippen LogP contribution is -1.97. The molecule has 1 heterocycles. The smallest absolute Gasteiger partial charge is 0.118 e. The molecule has 5 aromatic rings. The van der Waals surface area contributed by atoms with Gasteiger partial charge in [-0.2, -0.15) is 0 Å². The Kier molecular flexibility index (Phi) is 5.50. The van der Waals surface area contributed by atoms with Gasteiger partial charge in [0.25, 0.3) is 0 Å². The van der Waals surface area contributed by atoms with E-state index in [9.17, 15) is 0 Å². The third-order valence-corrected chi connectivity index (χ3v) is 5.60. The highest BCUT2D eigenvalue weighted by Crippen LogP contribution is 2.41. The van der Waals surface area contributed by atoms with Crippen LogP contribution < -0.4 is 4.74 Å². The van der Waals surface area contributed by atoms with Crippen molar-refractivity contribution in [2.75, 3.05) is 7.11 Å². The third kappa shape index (κ3) is 3.91. The van der Waals surface area contributed by atoms with Crippen LogP contribution in [0.4, 0.5) is 0 Å². The van der Waals surface area contributed by atoms with Crippen molar-refractivity contribution in [1.29, 1.82) is 0 Å². The van der Waals surface area contributed by atoms with E-state index in [2.05, 4.69) is 97.1 Å². The van der Waals surface area contributed by atoms with Gasteiger partial charge in [-0.1, -0.05) is 91.0 Å². The number of hydrogen-bond acceptors (Lipinski definition) is 2. The normalized spacial score (nSPS) is 10.7. The van der Waals surface area contributed by atoms with Gasteiger partial charge < -0.3 is 4.74 Å². The summed E-state index contributed by atoms with van der Waals surface area (Å²) in [5.41, 5.74) is 8.68. The molecule has 1 aromatic heterocycles. The Bertz CT molecular complexity index is 1250. The molecular weight excluding hydrogens is 390 g/mol. The van der Waals surface area contributed by atoms with Crippen molar-refractivity contribution in [1.82, 2.24) is 4.98 Å². The fourth-order valence-electron chi connectivity index (χ4n) is 4.00. The summed E-state index contributed by atoms with van der Waals surface area (Å²) in [4.78, 5) is 5.19. The van der Waals surface area contributed by atoms with Gasteiger partial charge in [0.1, 0.15) is 5.75 Å². The fourth-order valence-corrected chi connectivity index (χ4v) is 4.00. The number of hydrogen-bond donors (Lipinski definition) is 0. The molecule has 0 saturated carbocycles. The lowest BCUT2D eigenvalue weighted by atomic mass is 9.89. The van der Waals surface area contributed by atoms with Crippen LogP contribution in [0.5, 0.6) is 5.75 Å². The van der Waals surface area contributed by atoms with E-state index in [1.54, 1.807) is 7.11 Å². The summed E-state index contributed by atoms with van der Waals surface area (Å²) in [5.74, 6) is 0.834. The van der Waals surface area contributed by atoms with Crippen LogP contribution in [0.2, 0.25) is 0 Å². The summed E-state index contributed by atoms with van der Waals surface area (Å²) >= 11 is 0. The van der Waals surface area contributed by atoms with E-state index in [4.69, 9.17) is 9.72 Å². The SMILES string of the molecule is COc1ccc(-c2cc(-c3ccccc3)c(-c3ccccc3)c(-c3ccccc3)n2)cc1. The lowest BCUT2D eigenvalue weighted by Gasteiger charge is -2.18. The van der Waals surface area contributed by atoms with Gasteiger partial charge in [-0.05, 0) is 47.0 Å². The van der Waals surface area contributed by atoms with Crippen molar-refractivity contribution in [3.63, 3.8) is 0 Å². The highest BCUT2D eigenvalue weighted by atomic mass is 16.5. The Hall–Kier alpha value is -4.17. The van der Waals surface area contributed by atoms with E-state index in [-0.39, 0.29) is 0 Å². The van der Waals surface area contributed by atoms with Crippen molar-refractivity contribution in [3.8, 4) is 50.5 Å². The molecule has 154 valence electrons. The minimum absolute atomic E-state index is 0.834. The first-order valence-corrected chi connectivity index (χ1v) is 10.7. The summed E-state index contributed by atoms with van der Waals surface area (Å²) in [6, 6.07) is 41.8. The van der Waals surface area contributed by atoms with E-state index in [1.165, 1.54) is 5.56 Å². The monoisotopic (exact) mass is 413 g/mol. The van der Waals surface area contributed by atoms with Crippen LogP contribution in [0.25, 0.3) is 44.8 Å². The second kappa shape index (κ2) is 8.91. The maximum absolute atomic E-state index is 5.35. The van der Waals surface area contributed by atoms with Crippen LogP contribution in [-0.4, -0.2) is 12.1 Å². The van der Waals surface area contributed by atoms with Crippen LogP contribution in [0.3, 0.4) is 0 Å². The summed E-state index contributed by atoms with van der Waals surface area (Å²) in [6.07, 6.45) is 0. The predicted octanol–water partition coefficient (Wildman–Crippen LogP) is 7.76. The Balaban J connectivity index is 1.83. The van der Waals surface area contributed by atoms with Gasteiger partial charge >= 0.3 is 0 Å². The van der Waals surface area contributed by atoms with Crippen molar-refractivity contribution in [2.45, 2.75) is 0 Å². The molecule has 4 aromatic carbocycles. The van der Waals surface area contributed by atoms with Crippen LogP contribution in [0, 0.1) is 0 Å². The van der Waals surface area contributed by atoms with Crippen LogP contribution in [0.15, 0.2) is 121 Å². The number of methoxy groups -OCH3 is 1. The van der Waals surface area contributed by atoms with E-state index in [1.807, 2.05) is 24.3 Å². The predicted molar refractivity (Wildman–Crippen MR) is 133 cm³/mol. The van der Waals surface area contributed by atoms with Gasteiger partial charge in [0.15, 0.2) is 0 Å². The van der Waals surface area contributed by atoms with Crippen molar-refractivity contribution in [2.24, 2.45) is 0 Å². The number of aromatic nitrogens is 1. The third-order valence-electron chi connectivity index (χ3n) is 5.60. The average molecular weight is 414 g/mol. The fraction of sp³-hybridized carbons (Fsp3) is 0.0333. The van der Waals surface area contributed by atoms with E-state index in [0.717, 1.165) is 45.0 Å². The minimum atomic E-state index is 0.834. The minimum Gasteiger partial charge on any atom is -0.497 e. The maximum atomic E-state index is 5.35. The first-order chi connectivity index (χ1) is 15.8. The molecule has 32 heavy (non-hydrogen) atoms. The zero-order chi connectivity index (χ0) is 21.8. The number of benzene rings is 4. The molecule has 0 atom stereocenters. The van der Waals surface area contributed by atoms with Crippen LogP contribution in [-0.2, 0) is 0 Å². The molecule has 0 spiro atoms. The second-order valence-electron chi connectivity index (χ2n) is 7.61. The van der Waals surface area contributed by atoms with Gasteiger partial charge in [0, 0.05) is 16.7 Å². The number of ether oxygens (including phenoxy) is 1. The molecule has 0 amide bonds. The Morgan fingerprint density at radius 2 is 1.06 bits per heavy atom. The number of pyridine rings is 1. The van der Waals surface area contributed by atoms with Crippen molar-refractivity contribution >= 4 is 0 Å². The standard InChI is InChI=1S/C30H23NO/c1-32-26-19-17-23(18-20-26)28-21-27(22-11-5-2-6-12-22)29(24-13-7-3-8-14-24)30(31-28)25-15-9-4-10-16-25/h2-21H,1H3. The number of rotatable bonds is 5. The Morgan fingerprint density at radius 1 is 0.531 bits per heavy atom. The molecule has 0 aliphatic heterocycles. The molecule has 0 unspecified atom stereocenters. The Morgan fingerprint density at radius 3 is 1.62 bits per heavy atom. The highest BCUT2D eigenvalue weighted by molar-refractivity contribution is 5.94. The summed E-state index contributed by atoms with van der Waals surface area (Å²) in [7, 11) is 1.68. The topological polar surface area (TPSA) is 22.1 Å². The molecular formula is C30H23NO. The molecule has 0 N–H and O–H groups in total. The van der Waals surface area contributed by atoms with Crippen LogP contribution >= 0.6 is 0 Å². The average Bonchev–Trinajstić information content (AvgIpc) is 2.89. The molecule has 0 saturated heterocycles. The molecule has 0 radical (unpaired) electrons. The molecule has 0 aliphatic carbocycles. The first kappa shape index (κ1) is 19.8. The highest BCUT2D eigenvalue weighted by Gasteiger charge is 2.18. The van der Waals surface area contributed by atoms with Crippen molar-refractivity contribution in [3.05, 3.63) is 121 Å². The van der Waals surface area contributed by atoms with Gasteiger partial charge in [0.2, 0.25) is 0 Å². The van der Waals surface area contributed by atoms with Gasteiger partial charge in [-0.25, -0.2) is 4.98 Å². The number of nitrogens with zero attached hydrogens (tertiary/aromatic N) is 1. The molecule has 2 nitrogen and oxygen atoms in total. The summed E-state index contributed by atoms with van der Waals surface area (Å²) in [5, 5.41) is 0. The summed E-state index contributed by atoms with van der Waals surface area (Å²) < 4.78 is 5.35. The largest absolute Gasteiger partial charge is 0.497 e. The maximum Gasteiger partial charge on any atom is 0.118 e. The lowest BCUT2D eigenvalue weighted by molar-refractivity contribution is 0.415. The van der Waals surface area contributed by atoms with Crippen molar-refractivity contribution < 1.29 is 4.74 Å². The van der Waals surface area contributed by atoms with E-state index >= 15 is 0 Å². The summed E-state index contributed by atoms with van der Waals surface area (Å²) in [6.45, 7) is 0. The van der Waals surface area contributed by atoms with Crippen LogP contribution in [0.1, 0.15) is 0 Å². The van der Waals surface area contributed by atoms with E-state index < -0.39 is 0 Å². The second-order valence-corrected chi connectivity index (χ2v) is 7.61. The Labute approximate surface area is 188 Å². The zero-order valence-electron chi connectivity index (χ0n) is 17.9. The quantitative estimate of drug-likeness (QED) is 0.294. The molecule has 0 bridgehead atoms. The molecule has 0 aliphatic rings. The molecule has 0 fully saturated rings. The van der Waals surface area contributed by atoms with Gasteiger partial charge in [0.05, 0.1) is 18.5 Å². The molecule has 2 heteroatoms. The molecule has 5 rings (SSSR count). The van der Waals surface area contributed by atoms with Gasteiger partial charge in [-0.15, -0.1) is 0 Å². The van der Waals surface area contributed by atoms with E-state index in [0.29, 0.717) is 0 Å². The zero-order valence-corrected chi connectivity index (χ0v) is 17.9.